The quantitative estimate of drug-likeness (QED) is 0.419. The minimum Gasteiger partial charge on any atom is -0.384 e. The van der Waals surface area contributed by atoms with Gasteiger partial charge in [0.2, 0.25) is 6.41 Å². The number of carbonyl (C=O) groups excluding carboxylic acids is 2. The lowest BCUT2D eigenvalue weighted by Crippen LogP contribution is -2.24. The molecule has 0 aromatic rings. The number of amides is 1. The highest BCUT2D eigenvalue weighted by atomic mass is 16.5. The molecule has 0 bridgehead atoms. The molecule has 0 aromatic heterocycles. The third-order valence-electron chi connectivity index (χ3n) is 1.83. The Kier molecular flexibility index (Phi) is 8.55. The zero-order chi connectivity index (χ0) is 9.94. The Labute approximate surface area is 78.6 Å². The Morgan fingerprint density at radius 2 is 2.23 bits per heavy atom. The summed E-state index contributed by atoms with van der Waals surface area (Å²) in [6, 6.07) is 0. The van der Waals surface area contributed by atoms with Gasteiger partial charge in [0.05, 0.1) is 6.61 Å². The predicted molar refractivity (Wildman–Crippen MR) is 49.3 cm³/mol. The van der Waals surface area contributed by atoms with Crippen molar-refractivity contribution in [3.63, 3.8) is 0 Å². The summed E-state index contributed by atoms with van der Waals surface area (Å²) < 4.78 is 4.99. The molecule has 0 aliphatic heterocycles. The maximum Gasteiger partial charge on any atom is 0.207 e. The van der Waals surface area contributed by atoms with E-state index in [0.29, 0.717) is 31.9 Å². The molecule has 1 atom stereocenters. The Morgan fingerprint density at radius 3 is 2.77 bits per heavy atom. The molecule has 4 nitrogen and oxygen atoms in total. The summed E-state index contributed by atoms with van der Waals surface area (Å²) in [5, 5.41) is 2.61. The second-order valence-electron chi connectivity index (χ2n) is 2.95. The van der Waals surface area contributed by atoms with Crippen molar-refractivity contribution in [2.24, 2.45) is 5.92 Å². The molecule has 1 amide bonds. The van der Waals surface area contributed by atoms with Crippen LogP contribution in [0.15, 0.2) is 0 Å². The molecule has 0 heterocycles. The lowest BCUT2D eigenvalue weighted by atomic mass is 10.0. The molecule has 0 rings (SSSR count). The summed E-state index contributed by atoms with van der Waals surface area (Å²) >= 11 is 0. The van der Waals surface area contributed by atoms with E-state index in [1.807, 2.05) is 0 Å². The lowest BCUT2D eigenvalue weighted by molar-refractivity contribution is -0.110. The van der Waals surface area contributed by atoms with Crippen molar-refractivity contribution >= 4 is 12.7 Å². The van der Waals surface area contributed by atoms with Gasteiger partial charge in [0, 0.05) is 20.1 Å². The number of carbonyl (C=O) groups is 2. The third kappa shape index (κ3) is 7.46. The second-order valence-corrected chi connectivity index (χ2v) is 2.95. The van der Waals surface area contributed by atoms with Gasteiger partial charge in [-0.25, -0.2) is 0 Å². The van der Waals surface area contributed by atoms with Crippen molar-refractivity contribution in [2.75, 3.05) is 20.3 Å². The first kappa shape index (κ1) is 12.1. The van der Waals surface area contributed by atoms with E-state index in [9.17, 15) is 9.59 Å². The van der Waals surface area contributed by atoms with Crippen molar-refractivity contribution in [1.82, 2.24) is 5.32 Å². The molecule has 0 fully saturated rings. The van der Waals surface area contributed by atoms with E-state index in [0.717, 1.165) is 19.1 Å². The summed E-state index contributed by atoms with van der Waals surface area (Å²) in [4.78, 5) is 20.1. The summed E-state index contributed by atoms with van der Waals surface area (Å²) in [6.45, 7) is 1.25. The molecule has 76 valence electrons. The van der Waals surface area contributed by atoms with Crippen LogP contribution in [0.5, 0.6) is 0 Å². The molecule has 0 saturated heterocycles. The van der Waals surface area contributed by atoms with Crippen LogP contribution in [0.2, 0.25) is 0 Å². The smallest absolute Gasteiger partial charge is 0.207 e. The largest absolute Gasteiger partial charge is 0.384 e. The van der Waals surface area contributed by atoms with Crippen LogP contribution in [0.3, 0.4) is 0 Å². The van der Waals surface area contributed by atoms with Crippen LogP contribution in [0.25, 0.3) is 0 Å². The third-order valence-corrected chi connectivity index (χ3v) is 1.83. The summed E-state index contributed by atoms with van der Waals surface area (Å²) in [5.41, 5.74) is 0. The van der Waals surface area contributed by atoms with Gasteiger partial charge in [0.15, 0.2) is 0 Å². The zero-order valence-corrected chi connectivity index (χ0v) is 7.99. The number of hydrogen-bond acceptors (Lipinski definition) is 3. The van der Waals surface area contributed by atoms with Gasteiger partial charge in [-0.2, -0.15) is 0 Å². The molecule has 0 radical (unpaired) electrons. The number of aldehydes is 1. The summed E-state index contributed by atoms with van der Waals surface area (Å²) in [6.07, 6.45) is 3.95. The van der Waals surface area contributed by atoms with Crippen LogP contribution >= 0.6 is 0 Å². The number of rotatable bonds is 9. The van der Waals surface area contributed by atoms with Crippen LogP contribution in [0.1, 0.15) is 19.3 Å². The lowest BCUT2D eigenvalue weighted by Gasteiger charge is -2.14. The van der Waals surface area contributed by atoms with Gasteiger partial charge in [-0.1, -0.05) is 0 Å². The van der Waals surface area contributed by atoms with E-state index in [-0.39, 0.29) is 0 Å². The molecule has 0 aliphatic rings. The number of unbranched alkanes of at least 4 members (excludes halogenated alkanes) is 1. The SMILES string of the molecule is COCC(CCCC=O)CNC=O. The Balaban J connectivity index is 3.52. The van der Waals surface area contributed by atoms with Crippen LogP contribution in [0.4, 0.5) is 0 Å². The topological polar surface area (TPSA) is 55.4 Å². The van der Waals surface area contributed by atoms with Gasteiger partial charge in [0.25, 0.3) is 0 Å². The Bertz CT molecular complexity index is 139. The molecule has 0 saturated carbocycles. The molecule has 13 heavy (non-hydrogen) atoms. The number of nitrogens with one attached hydrogen (secondary N) is 1. The van der Waals surface area contributed by atoms with E-state index in [2.05, 4.69) is 5.32 Å². The van der Waals surface area contributed by atoms with E-state index < -0.39 is 0 Å². The second kappa shape index (κ2) is 9.19. The van der Waals surface area contributed by atoms with Crippen LogP contribution in [0, 0.1) is 5.92 Å². The minimum atomic E-state index is 0.315. The molecular weight excluding hydrogens is 170 g/mol. The number of ether oxygens (including phenoxy) is 1. The monoisotopic (exact) mass is 187 g/mol. The fourth-order valence-electron chi connectivity index (χ4n) is 1.18. The Hall–Kier alpha value is -0.900. The first-order valence-corrected chi connectivity index (χ1v) is 4.44. The molecule has 0 aromatic carbocycles. The summed E-state index contributed by atoms with van der Waals surface area (Å²) in [5.74, 6) is 0.315. The van der Waals surface area contributed by atoms with Crippen molar-refractivity contribution < 1.29 is 14.3 Å². The fourth-order valence-corrected chi connectivity index (χ4v) is 1.18. The van der Waals surface area contributed by atoms with Crippen LogP contribution in [-0.4, -0.2) is 33.0 Å². The highest BCUT2D eigenvalue weighted by molar-refractivity contribution is 5.49. The van der Waals surface area contributed by atoms with E-state index in [1.165, 1.54) is 0 Å². The van der Waals surface area contributed by atoms with Gasteiger partial charge in [0.1, 0.15) is 6.29 Å². The first-order valence-electron chi connectivity index (χ1n) is 4.44. The van der Waals surface area contributed by atoms with Crippen molar-refractivity contribution in [2.45, 2.75) is 19.3 Å². The predicted octanol–water partition coefficient (Wildman–Crippen LogP) is 0.364. The van der Waals surface area contributed by atoms with Crippen molar-refractivity contribution in [1.29, 1.82) is 0 Å². The van der Waals surface area contributed by atoms with E-state index in [1.54, 1.807) is 7.11 Å². The average Bonchev–Trinajstić information content (AvgIpc) is 2.14. The van der Waals surface area contributed by atoms with Crippen LogP contribution in [-0.2, 0) is 14.3 Å². The number of methoxy groups -OCH3 is 1. The summed E-state index contributed by atoms with van der Waals surface area (Å²) in [7, 11) is 1.63. The first-order chi connectivity index (χ1) is 6.35. The molecule has 0 spiro atoms. The molecule has 1 unspecified atom stereocenters. The average molecular weight is 187 g/mol. The van der Waals surface area contributed by atoms with Gasteiger partial charge >= 0.3 is 0 Å². The molecular formula is C9H17NO3. The van der Waals surface area contributed by atoms with E-state index >= 15 is 0 Å². The van der Waals surface area contributed by atoms with E-state index in [4.69, 9.17) is 4.74 Å². The zero-order valence-electron chi connectivity index (χ0n) is 7.99. The van der Waals surface area contributed by atoms with Gasteiger partial charge in [-0.15, -0.1) is 0 Å². The van der Waals surface area contributed by atoms with Gasteiger partial charge in [-0.05, 0) is 18.8 Å². The van der Waals surface area contributed by atoms with Crippen molar-refractivity contribution in [3.05, 3.63) is 0 Å². The maximum absolute atomic E-state index is 10.1. The Morgan fingerprint density at radius 1 is 1.46 bits per heavy atom. The molecule has 1 N–H and O–H groups in total. The number of hydrogen-bond donors (Lipinski definition) is 1. The van der Waals surface area contributed by atoms with Crippen LogP contribution < -0.4 is 5.32 Å². The van der Waals surface area contributed by atoms with Gasteiger partial charge in [-0.3, -0.25) is 4.79 Å². The highest BCUT2D eigenvalue weighted by Crippen LogP contribution is 2.06. The normalized spacial score (nSPS) is 12.1. The maximum atomic E-state index is 10.1. The van der Waals surface area contributed by atoms with Crippen molar-refractivity contribution in [3.8, 4) is 0 Å². The van der Waals surface area contributed by atoms with Gasteiger partial charge < -0.3 is 14.8 Å². The standard InChI is InChI=1S/C9H17NO3/c1-13-7-9(6-10-8-12)4-2-3-5-11/h5,8-9H,2-4,6-7H2,1H3,(H,10,12). The molecule has 0 aliphatic carbocycles. The highest BCUT2D eigenvalue weighted by Gasteiger charge is 2.06. The minimum absolute atomic E-state index is 0.315. The fraction of sp³-hybridized carbons (Fsp3) is 0.778. The molecule has 4 heteroatoms.